The number of likely N-dealkylation sites (tertiary alicyclic amines) is 1. The van der Waals surface area contributed by atoms with Crippen LogP contribution >= 0.6 is 0 Å². The first-order valence-electron chi connectivity index (χ1n) is 6.76. The maximum absolute atomic E-state index is 11.8. The lowest BCUT2D eigenvalue weighted by molar-refractivity contribution is 0.0798. The van der Waals surface area contributed by atoms with Crippen LogP contribution in [-0.4, -0.2) is 28.6 Å². The van der Waals surface area contributed by atoms with Crippen molar-refractivity contribution in [3.8, 4) is 0 Å². The van der Waals surface area contributed by atoms with E-state index >= 15 is 0 Å². The van der Waals surface area contributed by atoms with Gasteiger partial charge in [0.05, 0.1) is 0 Å². The normalized spacial score (nSPS) is 29.9. The average molecular weight is 232 g/mol. The number of hydrogen-bond donors (Lipinski definition) is 0. The molecule has 0 radical (unpaired) electrons. The van der Waals surface area contributed by atoms with Gasteiger partial charge in [-0.2, -0.15) is 0 Å². The Labute approximate surface area is 102 Å². The molecule has 0 spiro atoms. The van der Waals surface area contributed by atoms with Crippen molar-refractivity contribution < 1.29 is 0 Å². The van der Waals surface area contributed by atoms with E-state index in [4.69, 9.17) is 0 Å². The third-order valence-electron chi connectivity index (χ3n) is 4.32. The summed E-state index contributed by atoms with van der Waals surface area (Å²) in [6, 6.07) is 6.68. The van der Waals surface area contributed by atoms with Crippen molar-refractivity contribution in [1.29, 1.82) is 0 Å². The van der Waals surface area contributed by atoms with E-state index in [1.54, 1.807) is 6.07 Å². The Hall–Kier alpha value is -1.09. The summed E-state index contributed by atoms with van der Waals surface area (Å²) < 4.78 is 1.92. The van der Waals surface area contributed by atoms with Gasteiger partial charge in [0.15, 0.2) is 0 Å². The predicted molar refractivity (Wildman–Crippen MR) is 68.2 cm³/mol. The minimum absolute atomic E-state index is 0.153. The second-order valence-electron chi connectivity index (χ2n) is 5.30. The monoisotopic (exact) mass is 232 g/mol. The minimum Gasteiger partial charge on any atom is -0.312 e. The number of hydrogen-bond acceptors (Lipinski definition) is 2. The quantitative estimate of drug-likeness (QED) is 0.779. The summed E-state index contributed by atoms with van der Waals surface area (Å²) in [5.74, 6) is 0. The molecule has 1 saturated carbocycles. The molecule has 0 aromatic carbocycles. The van der Waals surface area contributed by atoms with E-state index in [1.807, 2.05) is 22.9 Å². The average Bonchev–Trinajstić information content (AvgIpc) is 2.29. The lowest BCUT2D eigenvalue weighted by Gasteiger charge is -2.42. The van der Waals surface area contributed by atoms with Gasteiger partial charge in [-0.1, -0.05) is 6.07 Å². The van der Waals surface area contributed by atoms with Crippen LogP contribution in [0.1, 0.15) is 38.1 Å². The van der Waals surface area contributed by atoms with Gasteiger partial charge in [-0.3, -0.25) is 4.79 Å². The molecule has 3 rings (SSSR count). The zero-order valence-corrected chi connectivity index (χ0v) is 10.2. The Morgan fingerprint density at radius 3 is 2.29 bits per heavy atom. The van der Waals surface area contributed by atoms with E-state index < -0.39 is 0 Å². The molecular weight excluding hydrogens is 212 g/mol. The molecule has 92 valence electrons. The fraction of sp³-hybridized carbons (Fsp3) is 0.643. The molecular formula is C14H20N2O. The van der Waals surface area contributed by atoms with Crippen molar-refractivity contribution in [3.63, 3.8) is 0 Å². The van der Waals surface area contributed by atoms with Gasteiger partial charge in [-0.15, -0.1) is 0 Å². The molecule has 2 aliphatic rings. The molecule has 3 heteroatoms. The van der Waals surface area contributed by atoms with Crippen molar-refractivity contribution in [3.05, 3.63) is 34.7 Å². The van der Waals surface area contributed by atoms with Crippen molar-refractivity contribution in [2.24, 2.45) is 0 Å². The molecule has 2 fully saturated rings. The molecule has 0 amide bonds. The molecule has 0 atom stereocenters. The van der Waals surface area contributed by atoms with E-state index in [0.717, 1.165) is 18.9 Å². The second-order valence-corrected chi connectivity index (χ2v) is 5.30. The maximum Gasteiger partial charge on any atom is 0.250 e. The van der Waals surface area contributed by atoms with Crippen LogP contribution < -0.4 is 5.56 Å². The molecule has 1 aliphatic heterocycles. The molecule has 17 heavy (non-hydrogen) atoms. The Kier molecular flexibility index (Phi) is 3.02. The van der Waals surface area contributed by atoms with Gasteiger partial charge in [0.1, 0.15) is 0 Å². The highest BCUT2D eigenvalue weighted by Crippen LogP contribution is 2.31. The SMILES string of the molecule is O=c1ccccn1C1CCC(N2CCC2)CC1. The van der Waals surface area contributed by atoms with Gasteiger partial charge >= 0.3 is 0 Å². The summed E-state index contributed by atoms with van der Waals surface area (Å²) >= 11 is 0. The molecule has 1 aliphatic carbocycles. The van der Waals surface area contributed by atoms with Crippen LogP contribution in [0, 0.1) is 0 Å². The first-order chi connectivity index (χ1) is 8.34. The lowest BCUT2D eigenvalue weighted by Crippen LogP contribution is -2.47. The first kappa shape index (κ1) is 11.0. The zero-order chi connectivity index (χ0) is 11.7. The van der Waals surface area contributed by atoms with Crippen molar-refractivity contribution in [2.75, 3.05) is 13.1 Å². The molecule has 2 heterocycles. The molecule has 0 bridgehead atoms. The molecule has 3 nitrogen and oxygen atoms in total. The van der Waals surface area contributed by atoms with Gasteiger partial charge in [0.2, 0.25) is 0 Å². The third kappa shape index (κ3) is 2.16. The standard InChI is InChI=1S/C14H20N2O/c17-14-4-1-2-11-16(14)13-7-5-12(6-8-13)15-9-3-10-15/h1-2,4,11-13H,3,5-10H2. The highest BCUT2D eigenvalue weighted by Gasteiger charge is 2.29. The Morgan fingerprint density at radius 2 is 1.71 bits per heavy atom. The van der Waals surface area contributed by atoms with Crippen LogP contribution in [-0.2, 0) is 0 Å². The second kappa shape index (κ2) is 4.65. The maximum atomic E-state index is 11.8. The van der Waals surface area contributed by atoms with Gasteiger partial charge in [-0.05, 0) is 51.3 Å². The topological polar surface area (TPSA) is 25.2 Å². The summed E-state index contributed by atoms with van der Waals surface area (Å²) in [4.78, 5) is 14.4. The Balaban J connectivity index is 1.65. The van der Waals surface area contributed by atoms with E-state index in [-0.39, 0.29) is 5.56 Å². The van der Waals surface area contributed by atoms with Gasteiger partial charge in [0, 0.05) is 24.3 Å². The van der Waals surface area contributed by atoms with Crippen LogP contribution in [0.3, 0.4) is 0 Å². The van der Waals surface area contributed by atoms with E-state index in [1.165, 1.54) is 32.4 Å². The van der Waals surface area contributed by atoms with E-state index in [0.29, 0.717) is 6.04 Å². The van der Waals surface area contributed by atoms with Crippen molar-refractivity contribution in [2.45, 2.75) is 44.2 Å². The van der Waals surface area contributed by atoms with E-state index in [9.17, 15) is 4.79 Å². The predicted octanol–water partition coefficient (Wildman–Crippen LogP) is 2.04. The molecule has 1 aromatic rings. The molecule has 0 N–H and O–H groups in total. The summed E-state index contributed by atoms with van der Waals surface area (Å²) in [5, 5.41) is 0. The highest BCUT2D eigenvalue weighted by molar-refractivity contribution is 4.96. The van der Waals surface area contributed by atoms with Gasteiger partial charge < -0.3 is 9.47 Å². The van der Waals surface area contributed by atoms with Crippen LogP contribution in [0.25, 0.3) is 0 Å². The summed E-state index contributed by atoms with van der Waals surface area (Å²) in [6.07, 6.45) is 8.14. The Bertz CT molecular complexity index is 428. The number of rotatable bonds is 2. The van der Waals surface area contributed by atoms with E-state index in [2.05, 4.69) is 4.90 Å². The van der Waals surface area contributed by atoms with Crippen LogP contribution in [0.15, 0.2) is 29.2 Å². The van der Waals surface area contributed by atoms with Gasteiger partial charge in [0.25, 0.3) is 5.56 Å². The van der Waals surface area contributed by atoms with Crippen molar-refractivity contribution >= 4 is 0 Å². The summed E-state index contributed by atoms with van der Waals surface area (Å²) in [7, 11) is 0. The number of pyridine rings is 1. The lowest BCUT2D eigenvalue weighted by atomic mass is 9.88. The summed E-state index contributed by atoms with van der Waals surface area (Å²) in [5.41, 5.74) is 0.153. The number of nitrogens with zero attached hydrogens (tertiary/aromatic N) is 2. The largest absolute Gasteiger partial charge is 0.312 e. The number of aromatic nitrogens is 1. The van der Waals surface area contributed by atoms with Crippen LogP contribution in [0.4, 0.5) is 0 Å². The fourth-order valence-corrected chi connectivity index (χ4v) is 3.15. The highest BCUT2D eigenvalue weighted by atomic mass is 16.1. The first-order valence-corrected chi connectivity index (χ1v) is 6.76. The molecule has 1 aromatic heterocycles. The fourth-order valence-electron chi connectivity index (χ4n) is 3.15. The zero-order valence-electron chi connectivity index (χ0n) is 10.2. The van der Waals surface area contributed by atoms with Crippen LogP contribution in [0.2, 0.25) is 0 Å². The molecule has 1 saturated heterocycles. The third-order valence-corrected chi connectivity index (χ3v) is 4.32. The minimum atomic E-state index is 0.153. The summed E-state index contributed by atoms with van der Waals surface area (Å²) in [6.45, 7) is 2.58. The smallest absolute Gasteiger partial charge is 0.250 e. The Morgan fingerprint density at radius 1 is 1.00 bits per heavy atom. The van der Waals surface area contributed by atoms with Gasteiger partial charge in [-0.25, -0.2) is 0 Å². The van der Waals surface area contributed by atoms with Crippen molar-refractivity contribution in [1.82, 2.24) is 9.47 Å². The van der Waals surface area contributed by atoms with Crippen LogP contribution in [0.5, 0.6) is 0 Å². The molecule has 0 unspecified atom stereocenters.